The lowest BCUT2D eigenvalue weighted by Crippen LogP contribution is -2.54. The van der Waals surface area contributed by atoms with E-state index in [4.69, 9.17) is 4.74 Å². The van der Waals surface area contributed by atoms with E-state index in [1.54, 1.807) is 0 Å². The van der Waals surface area contributed by atoms with Crippen molar-refractivity contribution in [2.45, 2.75) is 71.1 Å². The lowest BCUT2D eigenvalue weighted by Gasteiger charge is -2.42. The molecular formula is C21H44N4O. The number of nitrogens with one attached hydrogen (secondary N) is 1. The standard InChI is InChI=1S/C21H44N4O/c1-20(2,3)25-15-13-24(14-16-25)12-11-23(6)10-9-21(4,5)22-18-19-8-7-17-26-19/h19,22H,7-18H2,1-6H3. The lowest BCUT2D eigenvalue weighted by atomic mass is 10.00. The molecule has 0 spiro atoms. The highest BCUT2D eigenvalue weighted by molar-refractivity contribution is 4.83. The van der Waals surface area contributed by atoms with Crippen LogP contribution in [-0.4, -0.2) is 97.9 Å². The van der Waals surface area contributed by atoms with E-state index in [1.165, 1.54) is 52.0 Å². The van der Waals surface area contributed by atoms with Gasteiger partial charge in [-0.25, -0.2) is 0 Å². The van der Waals surface area contributed by atoms with Crippen molar-refractivity contribution >= 4 is 0 Å². The number of nitrogens with zero attached hydrogens (tertiary/aromatic N) is 3. The van der Waals surface area contributed by atoms with Gasteiger partial charge in [-0.05, 0) is 67.5 Å². The van der Waals surface area contributed by atoms with E-state index >= 15 is 0 Å². The van der Waals surface area contributed by atoms with E-state index < -0.39 is 0 Å². The van der Waals surface area contributed by atoms with E-state index in [0.717, 1.165) is 26.2 Å². The van der Waals surface area contributed by atoms with Crippen molar-refractivity contribution in [2.75, 3.05) is 66.0 Å². The summed E-state index contributed by atoms with van der Waals surface area (Å²) < 4.78 is 5.73. The molecule has 2 rings (SSSR count). The zero-order valence-corrected chi connectivity index (χ0v) is 18.3. The van der Waals surface area contributed by atoms with Gasteiger partial charge in [0.2, 0.25) is 0 Å². The molecule has 2 aliphatic heterocycles. The van der Waals surface area contributed by atoms with Gasteiger partial charge in [0, 0.05) is 63.5 Å². The van der Waals surface area contributed by atoms with Crippen LogP contribution in [0.2, 0.25) is 0 Å². The molecule has 0 aliphatic carbocycles. The molecule has 26 heavy (non-hydrogen) atoms. The zero-order chi connectivity index (χ0) is 19.2. The minimum atomic E-state index is 0.179. The minimum absolute atomic E-state index is 0.179. The third-order valence-corrected chi connectivity index (χ3v) is 6.07. The molecule has 0 aromatic heterocycles. The van der Waals surface area contributed by atoms with Gasteiger partial charge in [-0.15, -0.1) is 0 Å². The van der Waals surface area contributed by atoms with Gasteiger partial charge in [0.25, 0.3) is 0 Å². The van der Waals surface area contributed by atoms with Crippen LogP contribution in [0.3, 0.4) is 0 Å². The predicted octanol–water partition coefficient (Wildman–Crippen LogP) is 2.27. The maximum atomic E-state index is 5.73. The van der Waals surface area contributed by atoms with Gasteiger partial charge >= 0.3 is 0 Å². The molecular weight excluding hydrogens is 324 g/mol. The summed E-state index contributed by atoms with van der Waals surface area (Å²) in [5.41, 5.74) is 0.490. The molecule has 0 bridgehead atoms. The van der Waals surface area contributed by atoms with Crippen molar-refractivity contribution in [2.24, 2.45) is 0 Å². The Bertz CT molecular complexity index is 393. The molecule has 1 atom stereocenters. The van der Waals surface area contributed by atoms with E-state index in [2.05, 4.69) is 61.7 Å². The predicted molar refractivity (Wildman–Crippen MR) is 111 cm³/mol. The summed E-state index contributed by atoms with van der Waals surface area (Å²) in [7, 11) is 2.27. The second kappa shape index (κ2) is 9.83. The third kappa shape index (κ3) is 7.81. The molecule has 2 saturated heterocycles. The maximum Gasteiger partial charge on any atom is 0.0700 e. The Morgan fingerprint density at radius 1 is 1.04 bits per heavy atom. The molecule has 0 saturated carbocycles. The molecule has 2 heterocycles. The van der Waals surface area contributed by atoms with Crippen LogP contribution in [0.15, 0.2) is 0 Å². The number of ether oxygens (including phenoxy) is 1. The molecule has 154 valence electrons. The average Bonchev–Trinajstić information content (AvgIpc) is 3.10. The van der Waals surface area contributed by atoms with Gasteiger partial charge in [0.05, 0.1) is 6.10 Å². The van der Waals surface area contributed by atoms with Crippen LogP contribution >= 0.6 is 0 Å². The van der Waals surface area contributed by atoms with Crippen molar-refractivity contribution in [3.63, 3.8) is 0 Å². The smallest absolute Gasteiger partial charge is 0.0700 e. The van der Waals surface area contributed by atoms with Crippen molar-refractivity contribution in [1.29, 1.82) is 0 Å². The monoisotopic (exact) mass is 368 g/mol. The highest BCUT2D eigenvalue weighted by atomic mass is 16.5. The van der Waals surface area contributed by atoms with Gasteiger partial charge in [-0.2, -0.15) is 0 Å². The lowest BCUT2D eigenvalue weighted by molar-refractivity contribution is 0.0583. The largest absolute Gasteiger partial charge is 0.377 e. The first-order valence-electron chi connectivity index (χ1n) is 10.7. The van der Waals surface area contributed by atoms with Gasteiger partial charge < -0.3 is 15.0 Å². The zero-order valence-electron chi connectivity index (χ0n) is 18.3. The molecule has 5 nitrogen and oxygen atoms in total. The number of hydrogen-bond acceptors (Lipinski definition) is 5. The normalized spacial score (nSPS) is 23.9. The van der Waals surface area contributed by atoms with Gasteiger partial charge in [0.1, 0.15) is 0 Å². The van der Waals surface area contributed by atoms with Gasteiger partial charge in [-0.1, -0.05) is 0 Å². The number of hydrogen-bond donors (Lipinski definition) is 1. The Labute approximate surface area is 162 Å². The molecule has 1 N–H and O–H groups in total. The fourth-order valence-electron chi connectivity index (χ4n) is 3.82. The van der Waals surface area contributed by atoms with Crippen LogP contribution < -0.4 is 5.32 Å². The minimum Gasteiger partial charge on any atom is -0.377 e. The molecule has 2 aliphatic rings. The van der Waals surface area contributed by atoms with E-state index in [0.29, 0.717) is 11.6 Å². The van der Waals surface area contributed by atoms with Crippen LogP contribution in [0.4, 0.5) is 0 Å². The Kier molecular flexibility index (Phi) is 8.35. The van der Waals surface area contributed by atoms with Crippen LogP contribution in [0.25, 0.3) is 0 Å². The van der Waals surface area contributed by atoms with Crippen LogP contribution in [-0.2, 0) is 4.74 Å². The van der Waals surface area contributed by atoms with Crippen molar-refractivity contribution in [3.8, 4) is 0 Å². The van der Waals surface area contributed by atoms with Gasteiger partial charge in [0.15, 0.2) is 0 Å². The van der Waals surface area contributed by atoms with Crippen LogP contribution in [0.1, 0.15) is 53.9 Å². The van der Waals surface area contributed by atoms with Crippen LogP contribution in [0, 0.1) is 0 Å². The summed E-state index contributed by atoms with van der Waals surface area (Å²) in [5.74, 6) is 0. The number of likely N-dealkylation sites (N-methyl/N-ethyl adjacent to an activating group) is 1. The molecule has 0 aromatic rings. The molecule has 0 aromatic carbocycles. The summed E-state index contributed by atoms with van der Waals surface area (Å²) in [6, 6.07) is 0. The molecule has 2 fully saturated rings. The first-order chi connectivity index (χ1) is 12.2. The third-order valence-electron chi connectivity index (χ3n) is 6.07. The van der Waals surface area contributed by atoms with Crippen molar-refractivity contribution in [3.05, 3.63) is 0 Å². The second-order valence-electron chi connectivity index (χ2n) is 9.95. The highest BCUT2D eigenvalue weighted by Crippen LogP contribution is 2.16. The van der Waals surface area contributed by atoms with Crippen molar-refractivity contribution < 1.29 is 4.74 Å². The topological polar surface area (TPSA) is 31.0 Å². The Morgan fingerprint density at radius 2 is 1.73 bits per heavy atom. The summed E-state index contributed by atoms with van der Waals surface area (Å²) in [5, 5.41) is 3.71. The van der Waals surface area contributed by atoms with Gasteiger partial charge in [-0.3, -0.25) is 9.80 Å². The molecule has 5 heteroatoms. The Balaban J connectivity index is 1.57. The highest BCUT2D eigenvalue weighted by Gasteiger charge is 2.26. The van der Waals surface area contributed by atoms with E-state index in [1.807, 2.05) is 0 Å². The Hall–Kier alpha value is -0.200. The molecule has 0 amide bonds. The van der Waals surface area contributed by atoms with Crippen LogP contribution in [0.5, 0.6) is 0 Å². The number of piperazine rings is 1. The summed E-state index contributed by atoms with van der Waals surface area (Å²) in [6.07, 6.45) is 4.04. The fraction of sp³-hybridized carbons (Fsp3) is 1.00. The maximum absolute atomic E-state index is 5.73. The second-order valence-corrected chi connectivity index (χ2v) is 9.95. The average molecular weight is 369 g/mol. The first-order valence-corrected chi connectivity index (χ1v) is 10.7. The molecule has 1 unspecified atom stereocenters. The SMILES string of the molecule is CN(CCN1CCN(C(C)(C)C)CC1)CCC(C)(C)NCC1CCCO1. The quantitative estimate of drug-likeness (QED) is 0.675. The first kappa shape index (κ1) is 22.1. The fourth-order valence-corrected chi connectivity index (χ4v) is 3.82. The summed E-state index contributed by atoms with van der Waals surface area (Å²) >= 11 is 0. The summed E-state index contributed by atoms with van der Waals surface area (Å²) in [4.78, 5) is 7.72. The van der Waals surface area contributed by atoms with E-state index in [9.17, 15) is 0 Å². The van der Waals surface area contributed by atoms with Crippen molar-refractivity contribution in [1.82, 2.24) is 20.0 Å². The Morgan fingerprint density at radius 3 is 2.31 bits per heavy atom. The van der Waals surface area contributed by atoms with E-state index in [-0.39, 0.29) is 5.54 Å². The number of rotatable bonds is 9. The summed E-state index contributed by atoms with van der Waals surface area (Å²) in [6.45, 7) is 21.9. The molecule has 0 radical (unpaired) electrons.